The first-order valence-electron chi connectivity index (χ1n) is 8.59. The topological polar surface area (TPSA) is 47.6 Å². The maximum Gasteiger partial charge on any atom is 0.256 e. The zero-order valence-corrected chi connectivity index (χ0v) is 15.1. The molecule has 1 amide bonds. The Kier molecular flexibility index (Phi) is 8.10. The molecular formula is C19H31NO3. The van der Waals surface area contributed by atoms with Crippen LogP contribution in [0.2, 0.25) is 0 Å². The van der Waals surface area contributed by atoms with Crippen molar-refractivity contribution < 1.29 is 14.3 Å². The summed E-state index contributed by atoms with van der Waals surface area (Å²) in [4.78, 5) is 12.7. The third-order valence-corrected chi connectivity index (χ3v) is 3.49. The Labute approximate surface area is 140 Å². The van der Waals surface area contributed by atoms with E-state index >= 15 is 0 Å². The average Bonchev–Trinajstić information content (AvgIpc) is 2.51. The zero-order valence-electron chi connectivity index (χ0n) is 15.1. The van der Waals surface area contributed by atoms with Crippen molar-refractivity contribution in [2.75, 3.05) is 18.5 Å². The Bertz CT molecular complexity index is 470. The molecule has 0 aliphatic carbocycles. The lowest BCUT2D eigenvalue weighted by atomic mass is 9.93. The molecule has 130 valence electrons. The fourth-order valence-electron chi connectivity index (χ4n) is 2.44. The van der Waals surface area contributed by atoms with Crippen molar-refractivity contribution in [3.63, 3.8) is 0 Å². The van der Waals surface area contributed by atoms with Crippen LogP contribution in [0.3, 0.4) is 0 Å². The van der Waals surface area contributed by atoms with Crippen LogP contribution in [0.15, 0.2) is 24.3 Å². The minimum absolute atomic E-state index is 0.0955. The molecule has 4 heteroatoms. The quantitative estimate of drug-likeness (QED) is 0.682. The molecule has 0 aliphatic heterocycles. The SMILES string of the molecule is CCCOc1ccc(NC(=O)[C@](C)(CC(C)C)OCCC)cc1. The molecule has 1 N–H and O–H groups in total. The molecule has 1 rings (SSSR count). The number of ether oxygens (including phenoxy) is 2. The van der Waals surface area contributed by atoms with E-state index in [4.69, 9.17) is 9.47 Å². The second kappa shape index (κ2) is 9.56. The Balaban J connectivity index is 2.73. The van der Waals surface area contributed by atoms with Crippen molar-refractivity contribution in [1.82, 2.24) is 0 Å². The molecule has 0 radical (unpaired) electrons. The van der Waals surface area contributed by atoms with Crippen LogP contribution in [-0.4, -0.2) is 24.7 Å². The Morgan fingerprint density at radius 2 is 1.74 bits per heavy atom. The monoisotopic (exact) mass is 321 g/mol. The summed E-state index contributed by atoms with van der Waals surface area (Å²) in [6, 6.07) is 7.47. The van der Waals surface area contributed by atoms with E-state index < -0.39 is 5.60 Å². The molecule has 1 atom stereocenters. The number of amides is 1. The van der Waals surface area contributed by atoms with Gasteiger partial charge in [0.15, 0.2) is 0 Å². The van der Waals surface area contributed by atoms with Gasteiger partial charge in [-0.2, -0.15) is 0 Å². The Morgan fingerprint density at radius 3 is 2.26 bits per heavy atom. The van der Waals surface area contributed by atoms with E-state index in [2.05, 4.69) is 26.1 Å². The molecule has 0 unspecified atom stereocenters. The largest absolute Gasteiger partial charge is 0.494 e. The van der Waals surface area contributed by atoms with Crippen molar-refractivity contribution in [2.45, 2.75) is 59.5 Å². The van der Waals surface area contributed by atoms with Crippen LogP contribution in [-0.2, 0) is 9.53 Å². The number of hydrogen-bond acceptors (Lipinski definition) is 3. The number of nitrogens with one attached hydrogen (secondary N) is 1. The van der Waals surface area contributed by atoms with Crippen LogP contribution in [0.25, 0.3) is 0 Å². The first kappa shape index (κ1) is 19.5. The van der Waals surface area contributed by atoms with Gasteiger partial charge in [-0.15, -0.1) is 0 Å². The molecule has 0 fully saturated rings. The molecule has 0 saturated carbocycles. The van der Waals surface area contributed by atoms with Crippen LogP contribution in [0.4, 0.5) is 5.69 Å². The first-order valence-corrected chi connectivity index (χ1v) is 8.59. The highest BCUT2D eigenvalue weighted by molar-refractivity contribution is 5.97. The highest BCUT2D eigenvalue weighted by Gasteiger charge is 2.34. The molecule has 0 bridgehead atoms. The fraction of sp³-hybridized carbons (Fsp3) is 0.632. The second-order valence-corrected chi connectivity index (χ2v) is 6.50. The van der Waals surface area contributed by atoms with Gasteiger partial charge < -0.3 is 14.8 Å². The molecule has 0 aliphatic rings. The van der Waals surface area contributed by atoms with Crippen LogP contribution < -0.4 is 10.1 Å². The van der Waals surface area contributed by atoms with Crippen LogP contribution in [0.1, 0.15) is 53.9 Å². The number of carbonyl (C=O) groups excluding carboxylic acids is 1. The Morgan fingerprint density at radius 1 is 1.13 bits per heavy atom. The summed E-state index contributed by atoms with van der Waals surface area (Å²) < 4.78 is 11.4. The summed E-state index contributed by atoms with van der Waals surface area (Å²) in [5, 5.41) is 2.96. The molecule has 1 aromatic carbocycles. The number of anilines is 1. The van der Waals surface area contributed by atoms with Crippen LogP contribution in [0, 0.1) is 5.92 Å². The van der Waals surface area contributed by atoms with Crippen molar-refractivity contribution in [1.29, 1.82) is 0 Å². The van der Waals surface area contributed by atoms with Gasteiger partial charge in [0.25, 0.3) is 5.91 Å². The van der Waals surface area contributed by atoms with Gasteiger partial charge in [0.05, 0.1) is 6.61 Å². The molecule has 23 heavy (non-hydrogen) atoms. The van der Waals surface area contributed by atoms with Crippen molar-refractivity contribution >= 4 is 11.6 Å². The van der Waals surface area contributed by atoms with Crippen LogP contribution >= 0.6 is 0 Å². The lowest BCUT2D eigenvalue weighted by molar-refractivity contribution is -0.141. The summed E-state index contributed by atoms with van der Waals surface area (Å²) in [6.45, 7) is 11.5. The summed E-state index contributed by atoms with van der Waals surface area (Å²) in [7, 11) is 0. The van der Waals surface area contributed by atoms with E-state index in [1.54, 1.807) is 0 Å². The number of hydrogen-bond donors (Lipinski definition) is 1. The molecule has 0 saturated heterocycles. The third-order valence-electron chi connectivity index (χ3n) is 3.49. The predicted octanol–water partition coefficient (Wildman–Crippen LogP) is 4.65. The van der Waals surface area contributed by atoms with E-state index in [0.29, 0.717) is 25.6 Å². The molecule has 0 heterocycles. The number of rotatable bonds is 10. The van der Waals surface area contributed by atoms with E-state index in [9.17, 15) is 4.79 Å². The van der Waals surface area contributed by atoms with Crippen LogP contribution in [0.5, 0.6) is 5.75 Å². The van der Waals surface area contributed by atoms with Gasteiger partial charge >= 0.3 is 0 Å². The Hall–Kier alpha value is -1.55. The molecule has 0 aromatic heterocycles. The minimum atomic E-state index is -0.804. The minimum Gasteiger partial charge on any atom is -0.494 e. The van der Waals surface area contributed by atoms with E-state index in [-0.39, 0.29) is 5.91 Å². The van der Waals surface area contributed by atoms with Gasteiger partial charge in [-0.05, 0) is 56.4 Å². The van der Waals surface area contributed by atoms with E-state index in [0.717, 1.165) is 24.3 Å². The lowest BCUT2D eigenvalue weighted by Gasteiger charge is -2.30. The molecule has 0 spiro atoms. The predicted molar refractivity (Wildman–Crippen MR) is 95.0 cm³/mol. The molecular weight excluding hydrogens is 290 g/mol. The lowest BCUT2D eigenvalue weighted by Crippen LogP contribution is -2.44. The summed E-state index contributed by atoms with van der Waals surface area (Å²) >= 11 is 0. The highest BCUT2D eigenvalue weighted by atomic mass is 16.5. The normalized spacial score (nSPS) is 13.7. The third kappa shape index (κ3) is 6.61. The second-order valence-electron chi connectivity index (χ2n) is 6.50. The molecule has 1 aromatic rings. The first-order chi connectivity index (χ1) is 10.9. The molecule has 4 nitrogen and oxygen atoms in total. The van der Waals surface area contributed by atoms with Crippen molar-refractivity contribution in [3.05, 3.63) is 24.3 Å². The summed E-state index contributed by atoms with van der Waals surface area (Å²) in [5.41, 5.74) is -0.0457. The van der Waals surface area contributed by atoms with E-state index in [1.165, 1.54) is 0 Å². The standard InChI is InChI=1S/C19H31NO3/c1-6-12-22-17-10-8-16(9-11-17)20-18(21)19(5,14-15(3)4)23-13-7-2/h8-11,15H,6-7,12-14H2,1-5H3,(H,20,21)/t19-/m0/s1. The van der Waals surface area contributed by atoms with Crippen molar-refractivity contribution in [2.24, 2.45) is 5.92 Å². The maximum atomic E-state index is 12.7. The zero-order chi connectivity index (χ0) is 17.3. The van der Waals surface area contributed by atoms with E-state index in [1.807, 2.05) is 38.1 Å². The number of benzene rings is 1. The van der Waals surface area contributed by atoms with Crippen molar-refractivity contribution in [3.8, 4) is 5.75 Å². The fourth-order valence-corrected chi connectivity index (χ4v) is 2.44. The van der Waals surface area contributed by atoms with Gasteiger partial charge in [0.2, 0.25) is 0 Å². The van der Waals surface area contributed by atoms with Gasteiger partial charge in [-0.25, -0.2) is 0 Å². The van der Waals surface area contributed by atoms with Gasteiger partial charge in [-0.1, -0.05) is 27.7 Å². The smallest absolute Gasteiger partial charge is 0.256 e. The maximum absolute atomic E-state index is 12.7. The average molecular weight is 321 g/mol. The van der Waals surface area contributed by atoms with Gasteiger partial charge in [0.1, 0.15) is 11.4 Å². The van der Waals surface area contributed by atoms with Gasteiger partial charge in [0, 0.05) is 12.3 Å². The van der Waals surface area contributed by atoms with Gasteiger partial charge in [-0.3, -0.25) is 4.79 Å². The summed E-state index contributed by atoms with van der Waals surface area (Å²) in [5.74, 6) is 1.10. The summed E-state index contributed by atoms with van der Waals surface area (Å²) in [6.07, 6.45) is 2.56. The number of carbonyl (C=O) groups is 1. The highest BCUT2D eigenvalue weighted by Crippen LogP contribution is 2.24.